The Bertz CT molecular complexity index is 633. The van der Waals surface area contributed by atoms with Crippen molar-refractivity contribution in [2.45, 2.75) is 24.9 Å². The van der Waals surface area contributed by atoms with Gasteiger partial charge in [-0.1, -0.05) is 42.5 Å². The minimum Gasteiger partial charge on any atom is -0.479 e. The molecule has 0 radical (unpaired) electrons. The molecule has 1 fully saturated rings. The van der Waals surface area contributed by atoms with Crippen LogP contribution in [0.3, 0.4) is 0 Å². The van der Waals surface area contributed by atoms with E-state index in [1.165, 1.54) is 17.5 Å². The van der Waals surface area contributed by atoms with Crippen molar-refractivity contribution in [3.05, 3.63) is 65.7 Å². The molecule has 2 atom stereocenters. The Balaban J connectivity index is 1.51. The monoisotopic (exact) mass is 278 g/mol. The summed E-state index contributed by atoms with van der Waals surface area (Å²) in [4.78, 5) is 0. The fraction of sp³-hybridized carbons (Fsp3) is 0.278. The van der Waals surface area contributed by atoms with Gasteiger partial charge in [0.2, 0.25) is 0 Å². The summed E-state index contributed by atoms with van der Waals surface area (Å²) in [5, 5.41) is 12.1. The number of rotatable bonds is 6. The molecule has 3 rings (SSSR count). The lowest BCUT2D eigenvalue weighted by atomic mass is 10.1. The van der Waals surface area contributed by atoms with E-state index < -0.39 is 0 Å². The largest absolute Gasteiger partial charge is 0.479 e. The molecule has 2 aromatic carbocycles. The molecule has 1 aliphatic rings. The van der Waals surface area contributed by atoms with Gasteiger partial charge in [0.15, 0.2) is 6.61 Å². The van der Waals surface area contributed by atoms with Crippen molar-refractivity contribution < 1.29 is 4.74 Å². The van der Waals surface area contributed by atoms with Crippen molar-refractivity contribution in [1.29, 1.82) is 5.26 Å². The SMILES string of the molecule is N#CCOc1cccc(CNC2CC2c2ccccc2)c1. The van der Waals surface area contributed by atoms with Gasteiger partial charge in [0.25, 0.3) is 0 Å². The van der Waals surface area contributed by atoms with E-state index in [-0.39, 0.29) is 6.61 Å². The smallest absolute Gasteiger partial charge is 0.174 e. The molecule has 1 saturated carbocycles. The summed E-state index contributed by atoms with van der Waals surface area (Å²) in [6.45, 7) is 0.924. The summed E-state index contributed by atoms with van der Waals surface area (Å²) in [6.07, 6.45) is 1.20. The summed E-state index contributed by atoms with van der Waals surface area (Å²) in [7, 11) is 0. The number of nitrogens with one attached hydrogen (secondary N) is 1. The van der Waals surface area contributed by atoms with E-state index in [9.17, 15) is 0 Å². The molecule has 0 bridgehead atoms. The molecule has 0 aliphatic heterocycles. The Hall–Kier alpha value is -2.31. The van der Waals surface area contributed by atoms with Crippen molar-refractivity contribution in [3.8, 4) is 11.8 Å². The Kier molecular flexibility index (Phi) is 4.18. The molecular formula is C18H18N2O. The molecule has 0 heterocycles. The van der Waals surface area contributed by atoms with Gasteiger partial charge in [0, 0.05) is 18.5 Å². The van der Waals surface area contributed by atoms with E-state index in [4.69, 9.17) is 10.00 Å². The maximum absolute atomic E-state index is 8.53. The highest BCUT2D eigenvalue weighted by Crippen LogP contribution is 2.40. The van der Waals surface area contributed by atoms with Crippen molar-refractivity contribution >= 4 is 0 Å². The lowest BCUT2D eigenvalue weighted by molar-refractivity contribution is 0.367. The second-order valence-corrected chi connectivity index (χ2v) is 5.33. The van der Waals surface area contributed by atoms with Crippen LogP contribution >= 0.6 is 0 Å². The first-order valence-corrected chi connectivity index (χ1v) is 7.24. The Labute approximate surface area is 125 Å². The minimum atomic E-state index is 0.0928. The van der Waals surface area contributed by atoms with Crippen LogP contribution < -0.4 is 10.1 Å². The van der Waals surface area contributed by atoms with Gasteiger partial charge in [-0.3, -0.25) is 0 Å². The van der Waals surface area contributed by atoms with Gasteiger partial charge >= 0.3 is 0 Å². The third-order valence-electron chi connectivity index (χ3n) is 3.79. The first-order chi connectivity index (χ1) is 10.4. The van der Waals surface area contributed by atoms with E-state index in [1.807, 2.05) is 24.3 Å². The van der Waals surface area contributed by atoms with E-state index in [2.05, 4.69) is 41.7 Å². The molecule has 2 aromatic rings. The zero-order chi connectivity index (χ0) is 14.5. The van der Waals surface area contributed by atoms with Crippen LogP contribution in [-0.2, 0) is 6.54 Å². The lowest BCUT2D eigenvalue weighted by Gasteiger charge is -2.07. The molecule has 1 aliphatic carbocycles. The van der Waals surface area contributed by atoms with Gasteiger partial charge < -0.3 is 10.1 Å². The van der Waals surface area contributed by atoms with Crippen LogP contribution in [0.25, 0.3) is 0 Å². The van der Waals surface area contributed by atoms with Crippen LogP contribution in [0.5, 0.6) is 5.75 Å². The summed E-state index contributed by atoms with van der Waals surface area (Å²) in [5.74, 6) is 1.40. The Morgan fingerprint density at radius 1 is 1.14 bits per heavy atom. The Morgan fingerprint density at radius 3 is 2.81 bits per heavy atom. The number of hydrogen-bond acceptors (Lipinski definition) is 3. The van der Waals surface area contributed by atoms with Gasteiger partial charge in [-0.05, 0) is 29.7 Å². The first kappa shape index (κ1) is 13.7. The average molecular weight is 278 g/mol. The molecule has 0 aromatic heterocycles. The molecule has 0 spiro atoms. The lowest BCUT2D eigenvalue weighted by Crippen LogP contribution is -2.17. The van der Waals surface area contributed by atoms with Crippen LogP contribution in [0, 0.1) is 11.3 Å². The maximum atomic E-state index is 8.53. The van der Waals surface area contributed by atoms with E-state index >= 15 is 0 Å². The van der Waals surface area contributed by atoms with Gasteiger partial charge in [0.05, 0.1) is 0 Å². The molecule has 0 saturated heterocycles. The van der Waals surface area contributed by atoms with E-state index in [1.54, 1.807) is 0 Å². The topological polar surface area (TPSA) is 45.0 Å². The Morgan fingerprint density at radius 2 is 2.00 bits per heavy atom. The van der Waals surface area contributed by atoms with Crippen molar-refractivity contribution in [2.75, 3.05) is 6.61 Å². The third kappa shape index (κ3) is 3.62. The quantitative estimate of drug-likeness (QED) is 0.882. The summed E-state index contributed by atoms with van der Waals surface area (Å²) in [6, 6.07) is 21.1. The number of nitrogens with zero attached hydrogens (tertiary/aromatic N) is 1. The minimum absolute atomic E-state index is 0.0928. The number of benzene rings is 2. The average Bonchev–Trinajstić information content (AvgIpc) is 3.32. The summed E-state index contributed by atoms with van der Waals surface area (Å²) >= 11 is 0. The van der Waals surface area contributed by atoms with Crippen molar-refractivity contribution in [2.24, 2.45) is 0 Å². The molecular weight excluding hydrogens is 260 g/mol. The van der Waals surface area contributed by atoms with Crippen LogP contribution in [0.4, 0.5) is 0 Å². The van der Waals surface area contributed by atoms with Gasteiger partial charge in [0.1, 0.15) is 11.8 Å². The normalized spacial score (nSPS) is 19.8. The first-order valence-electron chi connectivity index (χ1n) is 7.24. The van der Waals surface area contributed by atoms with Gasteiger partial charge in [-0.15, -0.1) is 0 Å². The van der Waals surface area contributed by atoms with Crippen LogP contribution in [0.2, 0.25) is 0 Å². The van der Waals surface area contributed by atoms with E-state index in [0.717, 1.165) is 12.3 Å². The predicted molar refractivity (Wildman–Crippen MR) is 82.0 cm³/mol. The van der Waals surface area contributed by atoms with Crippen molar-refractivity contribution in [1.82, 2.24) is 5.32 Å². The summed E-state index contributed by atoms with van der Waals surface area (Å²) in [5.41, 5.74) is 2.60. The zero-order valence-electron chi connectivity index (χ0n) is 11.8. The highest BCUT2D eigenvalue weighted by molar-refractivity contribution is 5.30. The molecule has 106 valence electrons. The van der Waals surface area contributed by atoms with Crippen LogP contribution in [-0.4, -0.2) is 12.6 Å². The third-order valence-corrected chi connectivity index (χ3v) is 3.79. The van der Waals surface area contributed by atoms with Gasteiger partial charge in [-0.2, -0.15) is 5.26 Å². The van der Waals surface area contributed by atoms with Crippen LogP contribution in [0.15, 0.2) is 54.6 Å². The number of hydrogen-bond donors (Lipinski definition) is 1. The molecule has 1 N–H and O–H groups in total. The summed E-state index contributed by atoms with van der Waals surface area (Å²) < 4.78 is 5.32. The number of ether oxygens (including phenoxy) is 1. The molecule has 3 heteroatoms. The fourth-order valence-corrected chi connectivity index (χ4v) is 2.60. The van der Waals surface area contributed by atoms with E-state index in [0.29, 0.717) is 12.0 Å². The second-order valence-electron chi connectivity index (χ2n) is 5.33. The van der Waals surface area contributed by atoms with Crippen molar-refractivity contribution in [3.63, 3.8) is 0 Å². The fourth-order valence-electron chi connectivity index (χ4n) is 2.60. The zero-order valence-corrected chi connectivity index (χ0v) is 11.8. The molecule has 21 heavy (non-hydrogen) atoms. The highest BCUT2D eigenvalue weighted by Gasteiger charge is 2.37. The van der Waals surface area contributed by atoms with Crippen LogP contribution in [0.1, 0.15) is 23.5 Å². The predicted octanol–water partition coefficient (Wildman–Crippen LogP) is 3.23. The number of nitriles is 1. The molecule has 2 unspecified atom stereocenters. The highest BCUT2D eigenvalue weighted by atomic mass is 16.5. The van der Waals surface area contributed by atoms with Gasteiger partial charge in [-0.25, -0.2) is 0 Å². The molecule has 3 nitrogen and oxygen atoms in total. The maximum Gasteiger partial charge on any atom is 0.174 e. The standard InChI is InChI=1S/C18H18N2O/c19-9-10-21-16-8-4-5-14(11-16)13-20-18-12-17(18)15-6-2-1-3-7-15/h1-8,11,17-18,20H,10,12-13H2. The second kappa shape index (κ2) is 6.43. The molecule has 0 amide bonds.